The van der Waals surface area contributed by atoms with Crippen LogP contribution in [-0.2, 0) is 25.7 Å². The molecule has 3 aliphatic heterocycles. The van der Waals surface area contributed by atoms with Crippen molar-refractivity contribution in [3.8, 4) is 0 Å². The summed E-state index contributed by atoms with van der Waals surface area (Å²) in [6.45, 7) is 3.85. The van der Waals surface area contributed by atoms with Crippen molar-refractivity contribution in [3.05, 3.63) is 35.9 Å². The monoisotopic (exact) mass is 497 g/mol. The van der Waals surface area contributed by atoms with E-state index in [0.717, 1.165) is 70.0 Å². The zero-order valence-electron chi connectivity index (χ0n) is 21.2. The van der Waals surface area contributed by atoms with Crippen molar-refractivity contribution in [2.75, 3.05) is 13.1 Å². The fraction of sp³-hybridized carbons (Fsp3) is 0.679. The summed E-state index contributed by atoms with van der Waals surface area (Å²) in [5, 5.41) is 5.90. The number of hydrogen-bond donors (Lipinski definition) is 2. The van der Waals surface area contributed by atoms with Crippen LogP contribution < -0.4 is 10.6 Å². The lowest BCUT2D eigenvalue weighted by Gasteiger charge is -2.54. The van der Waals surface area contributed by atoms with E-state index in [9.17, 15) is 14.4 Å². The number of nitrogens with zero attached hydrogens (tertiary/aromatic N) is 1. The predicted octanol–water partition coefficient (Wildman–Crippen LogP) is 3.54. The van der Waals surface area contributed by atoms with Crippen molar-refractivity contribution in [2.45, 2.75) is 95.6 Å². The third kappa shape index (κ3) is 5.53. The quantitative estimate of drug-likeness (QED) is 0.573. The van der Waals surface area contributed by atoms with E-state index in [2.05, 4.69) is 10.6 Å². The molecular formula is C28H39N3O5. The normalized spacial score (nSPS) is 27.4. The van der Waals surface area contributed by atoms with E-state index in [4.69, 9.17) is 9.47 Å². The van der Waals surface area contributed by atoms with E-state index in [-0.39, 0.29) is 41.9 Å². The Labute approximate surface area is 213 Å². The van der Waals surface area contributed by atoms with Crippen molar-refractivity contribution in [2.24, 2.45) is 11.3 Å². The first-order valence-electron chi connectivity index (χ1n) is 13.7. The number of ether oxygens (including phenoxy) is 2. The molecule has 4 aliphatic rings. The predicted molar refractivity (Wildman–Crippen MR) is 134 cm³/mol. The van der Waals surface area contributed by atoms with Crippen LogP contribution in [0.5, 0.6) is 0 Å². The number of rotatable bonds is 8. The van der Waals surface area contributed by atoms with Crippen molar-refractivity contribution in [1.82, 2.24) is 15.5 Å². The van der Waals surface area contributed by atoms with Gasteiger partial charge < -0.3 is 25.0 Å². The van der Waals surface area contributed by atoms with Gasteiger partial charge in [0.15, 0.2) is 0 Å². The largest absolute Gasteiger partial charge is 0.445 e. The fourth-order valence-electron chi connectivity index (χ4n) is 6.51. The van der Waals surface area contributed by atoms with Crippen LogP contribution in [-0.4, -0.2) is 60.2 Å². The molecule has 3 saturated heterocycles. The molecule has 3 heterocycles. The Kier molecular flexibility index (Phi) is 7.51. The van der Waals surface area contributed by atoms with Crippen LogP contribution in [0.2, 0.25) is 0 Å². The highest BCUT2D eigenvalue weighted by Gasteiger charge is 2.52. The first kappa shape index (κ1) is 25.1. The Bertz CT molecular complexity index is 938. The smallest absolute Gasteiger partial charge is 0.408 e. The molecule has 4 fully saturated rings. The maximum atomic E-state index is 13.0. The Hall–Kier alpha value is -2.61. The van der Waals surface area contributed by atoms with Crippen LogP contribution in [0, 0.1) is 11.3 Å². The molecule has 1 saturated carbocycles. The minimum Gasteiger partial charge on any atom is -0.445 e. The summed E-state index contributed by atoms with van der Waals surface area (Å²) in [5.41, 5.74) is 1.11. The number of carbonyl (C=O) groups excluding carboxylic acids is 3. The molecule has 0 radical (unpaired) electrons. The highest BCUT2D eigenvalue weighted by Crippen LogP contribution is 2.46. The highest BCUT2D eigenvalue weighted by molar-refractivity contribution is 5.85. The van der Waals surface area contributed by atoms with Gasteiger partial charge in [0.1, 0.15) is 12.6 Å². The molecule has 2 N–H and O–H groups in total. The molecule has 8 nitrogen and oxygen atoms in total. The van der Waals surface area contributed by atoms with E-state index in [0.29, 0.717) is 12.5 Å². The zero-order chi connectivity index (χ0) is 25.1. The molecule has 1 aromatic carbocycles. The molecule has 3 amide bonds. The SMILES string of the molecule is CCC[C@@H](NC(=O)OCc1ccccc1)C(=O)NC1CCC2(CC1)CN(C(=O)[C@H]1C[C@@H]3CC[C@@H]1O3)C2. The summed E-state index contributed by atoms with van der Waals surface area (Å²) < 4.78 is 11.2. The number of amides is 3. The summed E-state index contributed by atoms with van der Waals surface area (Å²) in [6, 6.07) is 8.99. The van der Waals surface area contributed by atoms with Gasteiger partial charge in [-0.05, 0) is 56.9 Å². The Morgan fingerprint density at radius 2 is 1.86 bits per heavy atom. The van der Waals surface area contributed by atoms with Gasteiger partial charge >= 0.3 is 6.09 Å². The van der Waals surface area contributed by atoms with Gasteiger partial charge in [-0.1, -0.05) is 43.7 Å². The van der Waals surface area contributed by atoms with Crippen LogP contribution in [0.15, 0.2) is 30.3 Å². The number of carbonyl (C=O) groups is 3. The Morgan fingerprint density at radius 3 is 2.50 bits per heavy atom. The molecule has 5 rings (SSSR count). The van der Waals surface area contributed by atoms with Crippen LogP contribution in [0.4, 0.5) is 4.79 Å². The van der Waals surface area contributed by atoms with Crippen LogP contribution >= 0.6 is 0 Å². The first-order valence-corrected chi connectivity index (χ1v) is 13.7. The molecule has 36 heavy (non-hydrogen) atoms. The van der Waals surface area contributed by atoms with Crippen LogP contribution in [0.1, 0.15) is 70.3 Å². The lowest BCUT2D eigenvalue weighted by molar-refractivity contribution is -0.152. The van der Waals surface area contributed by atoms with Gasteiger partial charge in [-0.3, -0.25) is 9.59 Å². The minimum absolute atomic E-state index is 0.0686. The average molecular weight is 498 g/mol. The summed E-state index contributed by atoms with van der Waals surface area (Å²) in [7, 11) is 0. The molecule has 0 unspecified atom stereocenters. The number of benzene rings is 1. The molecule has 0 aromatic heterocycles. The standard InChI is InChI=1S/C28H39N3O5/c1-2-6-23(30-27(34)35-16-19-7-4-3-5-8-19)25(32)29-20-11-13-28(14-12-20)17-31(18-28)26(33)22-15-21-9-10-24(22)36-21/h3-5,7-8,20-24H,2,6,9-18H2,1H3,(H,29,32)(H,30,34)/t21-,22-,23+,24-/m0/s1. The fourth-order valence-corrected chi connectivity index (χ4v) is 6.51. The highest BCUT2D eigenvalue weighted by atomic mass is 16.5. The molecule has 196 valence electrons. The maximum Gasteiger partial charge on any atom is 0.408 e. The number of nitrogens with one attached hydrogen (secondary N) is 2. The van der Waals surface area contributed by atoms with Crippen molar-refractivity contribution < 1.29 is 23.9 Å². The molecule has 4 atom stereocenters. The number of fused-ring (bicyclic) bond motifs is 2. The Morgan fingerprint density at radius 1 is 1.11 bits per heavy atom. The molecule has 2 bridgehead atoms. The van der Waals surface area contributed by atoms with Gasteiger partial charge in [-0.2, -0.15) is 0 Å². The van der Waals surface area contributed by atoms with Crippen molar-refractivity contribution in [3.63, 3.8) is 0 Å². The molecule has 1 aliphatic carbocycles. The summed E-state index contributed by atoms with van der Waals surface area (Å²) in [5.74, 6) is 0.214. The Balaban J connectivity index is 1.04. The lowest BCUT2D eigenvalue weighted by atomic mass is 9.67. The van der Waals surface area contributed by atoms with Gasteiger partial charge in [0.05, 0.1) is 18.1 Å². The maximum absolute atomic E-state index is 13.0. The van der Waals surface area contributed by atoms with Gasteiger partial charge in [0.25, 0.3) is 0 Å². The summed E-state index contributed by atoms with van der Waals surface area (Å²) in [6.07, 6.45) is 8.08. The van der Waals surface area contributed by atoms with Gasteiger partial charge in [0, 0.05) is 24.5 Å². The summed E-state index contributed by atoms with van der Waals surface area (Å²) >= 11 is 0. The lowest BCUT2D eigenvalue weighted by Crippen LogP contribution is -2.62. The zero-order valence-corrected chi connectivity index (χ0v) is 21.2. The van der Waals surface area contributed by atoms with Crippen LogP contribution in [0.3, 0.4) is 0 Å². The third-order valence-electron chi connectivity index (χ3n) is 8.58. The number of alkyl carbamates (subject to hydrolysis) is 1. The molecule has 1 spiro atoms. The van der Waals surface area contributed by atoms with Crippen LogP contribution in [0.25, 0.3) is 0 Å². The minimum atomic E-state index is -0.602. The first-order chi connectivity index (χ1) is 17.4. The van der Waals surface area contributed by atoms with E-state index in [1.54, 1.807) is 0 Å². The second-order valence-corrected chi connectivity index (χ2v) is 11.2. The van der Waals surface area contributed by atoms with E-state index in [1.807, 2.05) is 42.2 Å². The molecular weight excluding hydrogens is 458 g/mol. The van der Waals surface area contributed by atoms with Gasteiger partial charge in [-0.25, -0.2) is 4.79 Å². The number of likely N-dealkylation sites (tertiary alicyclic amines) is 1. The average Bonchev–Trinajstić information content (AvgIpc) is 3.51. The van der Waals surface area contributed by atoms with Crippen molar-refractivity contribution >= 4 is 17.9 Å². The third-order valence-corrected chi connectivity index (χ3v) is 8.58. The van der Waals surface area contributed by atoms with Crippen molar-refractivity contribution in [1.29, 1.82) is 0 Å². The topological polar surface area (TPSA) is 97.0 Å². The van der Waals surface area contributed by atoms with Gasteiger partial charge in [0.2, 0.25) is 11.8 Å². The molecule has 8 heteroatoms. The van der Waals surface area contributed by atoms with E-state index >= 15 is 0 Å². The van der Waals surface area contributed by atoms with E-state index in [1.165, 1.54) is 0 Å². The summed E-state index contributed by atoms with van der Waals surface area (Å²) in [4.78, 5) is 40.2. The second-order valence-electron chi connectivity index (χ2n) is 11.2. The second kappa shape index (κ2) is 10.8. The van der Waals surface area contributed by atoms with Gasteiger partial charge in [-0.15, -0.1) is 0 Å². The number of hydrogen-bond acceptors (Lipinski definition) is 5. The molecule has 1 aromatic rings. The van der Waals surface area contributed by atoms with E-state index < -0.39 is 12.1 Å².